The number of aliphatic hydroxyl groups is 4. The molecule has 0 unspecified atom stereocenters. The number of carboxylic acids is 1. The van der Waals surface area contributed by atoms with Crippen molar-refractivity contribution in [1.82, 2.24) is 0 Å². The SMILES string of the molecule is O=C(O)c1cc(O)c2c(c1)C(=O)c1c([C@@H]3O[C@H](CO)[C@@H](O)[C@H](O)[C@H]3O)ccc(O)c1C2=O. The molecular formula is C21H18O11. The fourth-order valence-corrected chi connectivity index (χ4v) is 4.11. The first-order valence-electron chi connectivity index (χ1n) is 9.44. The summed E-state index contributed by atoms with van der Waals surface area (Å²) in [5, 5.41) is 69.7. The van der Waals surface area contributed by atoms with Crippen LogP contribution in [0.4, 0.5) is 0 Å². The molecule has 0 spiro atoms. The van der Waals surface area contributed by atoms with E-state index in [9.17, 15) is 50.1 Å². The summed E-state index contributed by atoms with van der Waals surface area (Å²) in [6.07, 6.45) is -7.99. The fourth-order valence-electron chi connectivity index (χ4n) is 4.11. The molecule has 2 aliphatic rings. The van der Waals surface area contributed by atoms with Gasteiger partial charge in [-0.05, 0) is 23.8 Å². The predicted octanol–water partition coefficient (Wildman–Crippen LogP) is -0.914. The summed E-state index contributed by atoms with van der Waals surface area (Å²) in [6.45, 7) is -0.729. The Morgan fingerprint density at radius 2 is 1.56 bits per heavy atom. The third kappa shape index (κ3) is 3.06. The first kappa shape index (κ1) is 21.9. The van der Waals surface area contributed by atoms with E-state index >= 15 is 0 Å². The van der Waals surface area contributed by atoms with Crippen LogP contribution in [-0.4, -0.2) is 84.3 Å². The minimum absolute atomic E-state index is 0.140. The Labute approximate surface area is 179 Å². The fraction of sp³-hybridized carbons (Fsp3) is 0.286. The van der Waals surface area contributed by atoms with Crippen LogP contribution < -0.4 is 0 Å². The van der Waals surface area contributed by atoms with E-state index in [0.29, 0.717) is 0 Å². The van der Waals surface area contributed by atoms with Gasteiger partial charge in [-0.2, -0.15) is 0 Å². The van der Waals surface area contributed by atoms with Crippen LogP contribution in [0.15, 0.2) is 24.3 Å². The number of fused-ring (bicyclic) bond motifs is 2. The quantitative estimate of drug-likeness (QED) is 0.262. The number of benzene rings is 2. The van der Waals surface area contributed by atoms with Crippen molar-refractivity contribution in [2.75, 3.05) is 6.61 Å². The number of carbonyl (C=O) groups is 3. The highest BCUT2D eigenvalue weighted by Crippen LogP contribution is 2.43. The van der Waals surface area contributed by atoms with Gasteiger partial charge in [-0.1, -0.05) is 6.07 Å². The molecule has 4 rings (SSSR count). The molecule has 1 fully saturated rings. The van der Waals surface area contributed by atoms with Gasteiger partial charge in [0.15, 0.2) is 5.78 Å². The summed E-state index contributed by atoms with van der Waals surface area (Å²) < 4.78 is 5.48. The molecule has 1 aliphatic carbocycles. The molecule has 0 aromatic heterocycles. The Bertz CT molecular complexity index is 1150. The van der Waals surface area contributed by atoms with Crippen molar-refractivity contribution in [3.05, 3.63) is 57.6 Å². The molecule has 0 saturated carbocycles. The Kier molecular flexibility index (Phi) is 5.23. The summed E-state index contributed by atoms with van der Waals surface area (Å²) in [4.78, 5) is 37.8. The van der Waals surface area contributed by atoms with Crippen LogP contribution in [0, 0.1) is 0 Å². The van der Waals surface area contributed by atoms with Crippen molar-refractivity contribution in [3.63, 3.8) is 0 Å². The molecular weight excluding hydrogens is 428 g/mol. The molecule has 2 aromatic carbocycles. The first-order chi connectivity index (χ1) is 15.1. The first-order valence-corrected chi connectivity index (χ1v) is 9.44. The molecule has 7 N–H and O–H groups in total. The number of ketones is 2. The summed E-state index contributed by atoms with van der Waals surface area (Å²) >= 11 is 0. The molecule has 0 bridgehead atoms. The number of carbonyl (C=O) groups excluding carboxylic acids is 2. The molecule has 0 amide bonds. The largest absolute Gasteiger partial charge is 0.507 e. The lowest BCUT2D eigenvalue weighted by molar-refractivity contribution is -0.231. The van der Waals surface area contributed by atoms with E-state index in [4.69, 9.17) is 4.74 Å². The zero-order valence-electron chi connectivity index (χ0n) is 16.2. The molecule has 11 nitrogen and oxygen atoms in total. The second-order valence-corrected chi connectivity index (χ2v) is 7.55. The van der Waals surface area contributed by atoms with Gasteiger partial charge in [0.2, 0.25) is 5.78 Å². The second-order valence-electron chi connectivity index (χ2n) is 7.55. The Morgan fingerprint density at radius 1 is 0.875 bits per heavy atom. The van der Waals surface area contributed by atoms with E-state index in [1.807, 2.05) is 0 Å². The molecule has 11 heteroatoms. The zero-order chi connectivity index (χ0) is 23.5. The maximum Gasteiger partial charge on any atom is 0.335 e. The van der Waals surface area contributed by atoms with Crippen LogP contribution >= 0.6 is 0 Å². The van der Waals surface area contributed by atoms with Crippen LogP contribution in [0.5, 0.6) is 11.5 Å². The molecule has 0 radical (unpaired) electrons. The van der Waals surface area contributed by atoms with E-state index in [1.54, 1.807) is 0 Å². The number of aromatic hydroxyl groups is 2. The molecule has 1 heterocycles. The van der Waals surface area contributed by atoms with E-state index < -0.39 is 94.0 Å². The molecule has 32 heavy (non-hydrogen) atoms. The number of aliphatic hydroxyl groups excluding tert-OH is 4. The standard InChI is InChI=1S/C21H18O11/c22-5-11-16(26)18(28)19(29)20(32-11)7-1-2-9(23)14-13(7)15(25)8-3-6(21(30)31)4-10(24)12(8)17(14)27/h1-4,11,16,18-20,22-24,26,28-29H,5H2,(H,30,31)/t11-,16-,18+,19-,20+/m1/s1. The summed E-state index contributed by atoms with van der Waals surface area (Å²) in [5.74, 6) is -4.73. The van der Waals surface area contributed by atoms with Crippen LogP contribution in [0.1, 0.15) is 53.9 Å². The third-order valence-electron chi connectivity index (χ3n) is 5.70. The van der Waals surface area contributed by atoms with Crippen molar-refractivity contribution < 1.29 is 54.9 Å². The van der Waals surface area contributed by atoms with Gasteiger partial charge in [-0.15, -0.1) is 0 Å². The number of phenols is 2. The molecule has 168 valence electrons. The highest BCUT2D eigenvalue weighted by Gasteiger charge is 2.47. The molecule has 2 aromatic rings. The Balaban J connectivity index is 1.93. The lowest BCUT2D eigenvalue weighted by Gasteiger charge is -2.41. The number of rotatable bonds is 3. The average Bonchev–Trinajstić information content (AvgIpc) is 2.75. The third-order valence-corrected chi connectivity index (χ3v) is 5.70. The maximum absolute atomic E-state index is 13.3. The van der Waals surface area contributed by atoms with Crippen molar-refractivity contribution in [2.45, 2.75) is 30.5 Å². The van der Waals surface area contributed by atoms with Gasteiger partial charge in [0.25, 0.3) is 0 Å². The van der Waals surface area contributed by atoms with Crippen molar-refractivity contribution in [1.29, 1.82) is 0 Å². The second kappa shape index (κ2) is 7.65. The number of phenolic OH excluding ortho intramolecular Hbond substituents is 2. The minimum atomic E-state index is -1.77. The zero-order valence-corrected chi connectivity index (χ0v) is 16.2. The maximum atomic E-state index is 13.3. The number of aromatic carboxylic acids is 1. The van der Waals surface area contributed by atoms with Gasteiger partial charge in [0, 0.05) is 11.1 Å². The topological polar surface area (TPSA) is 202 Å². The van der Waals surface area contributed by atoms with Gasteiger partial charge in [0.1, 0.15) is 42.0 Å². The highest BCUT2D eigenvalue weighted by atomic mass is 16.5. The number of hydrogen-bond acceptors (Lipinski definition) is 10. The molecule has 1 aliphatic heterocycles. The summed E-state index contributed by atoms with van der Waals surface area (Å²) in [5.41, 5.74) is -2.45. The van der Waals surface area contributed by atoms with Crippen LogP contribution in [-0.2, 0) is 4.74 Å². The predicted molar refractivity (Wildman–Crippen MR) is 103 cm³/mol. The Hall–Kier alpha value is -3.35. The van der Waals surface area contributed by atoms with E-state index in [1.165, 1.54) is 0 Å². The van der Waals surface area contributed by atoms with Crippen LogP contribution in [0.3, 0.4) is 0 Å². The lowest BCUT2D eigenvalue weighted by atomic mass is 9.78. The normalized spacial score (nSPS) is 27.1. The number of hydrogen-bond donors (Lipinski definition) is 7. The van der Waals surface area contributed by atoms with Crippen molar-refractivity contribution in [2.24, 2.45) is 0 Å². The molecule has 5 atom stereocenters. The average molecular weight is 446 g/mol. The summed E-state index contributed by atoms with van der Waals surface area (Å²) in [6, 6.07) is 3.92. The smallest absolute Gasteiger partial charge is 0.335 e. The van der Waals surface area contributed by atoms with E-state index in [-0.39, 0.29) is 5.56 Å². The van der Waals surface area contributed by atoms with Crippen molar-refractivity contribution >= 4 is 17.5 Å². The van der Waals surface area contributed by atoms with Gasteiger partial charge >= 0.3 is 5.97 Å². The minimum Gasteiger partial charge on any atom is -0.507 e. The lowest BCUT2D eigenvalue weighted by Crippen LogP contribution is -2.55. The van der Waals surface area contributed by atoms with Gasteiger partial charge in [-0.3, -0.25) is 9.59 Å². The number of ether oxygens (including phenoxy) is 1. The van der Waals surface area contributed by atoms with Crippen molar-refractivity contribution in [3.8, 4) is 11.5 Å². The van der Waals surface area contributed by atoms with Crippen LogP contribution in [0.25, 0.3) is 0 Å². The summed E-state index contributed by atoms with van der Waals surface area (Å²) in [7, 11) is 0. The number of carboxylic acid groups (broad SMARTS) is 1. The monoisotopic (exact) mass is 446 g/mol. The molecule has 1 saturated heterocycles. The van der Waals surface area contributed by atoms with Crippen LogP contribution in [0.2, 0.25) is 0 Å². The Morgan fingerprint density at radius 3 is 2.19 bits per heavy atom. The van der Waals surface area contributed by atoms with Gasteiger partial charge < -0.3 is 40.5 Å². The van der Waals surface area contributed by atoms with E-state index in [0.717, 1.165) is 24.3 Å². The highest BCUT2D eigenvalue weighted by molar-refractivity contribution is 6.31. The van der Waals surface area contributed by atoms with E-state index in [2.05, 4.69) is 0 Å². The van der Waals surface area contributed by atoms with Gasteiger partial charge in [-0.25, -0.2) is 4.79 Å². The van der Waals surface area contributed by atoms with Gasteiger partial charge in [0.05, 0.1) is 23.3 Å².